The number of fused-ring (bicyclic) bond motifs is 1. The molecule has 2 heterocycles. The third-order valence-corrected chi connectivity index (χ3v) is 8.68. The second-order valence-corrected chi connectivity index (χ2v) is 11.2. The molecular weight excluding hydrogens is 468 g/mol. The molecule has 10 heteroatoms. The molecule has 1 aliphatic carbocycles. The summed E-state index contributed by atoms with van der Waals surface area (Å²) in [5, 5.41) is 9.80. The highest BCUT2D eigenvalue weighted by molar-refractivity contribution is 7.89. The van der Waals surface area contributed by atoms with Crippen molar-refractivity contribution in [1.29, 1.82) is 0 Å². The largest absolute Gasteiger partial charge is 0.487 e. The van der Waals surface area contributed by atoms with Gasteiger partial charge >= 0.3 is 0 Å². The number of hydrogen-bond acceptors (Lipinski definition) is 7. The molecule has 1 aliphatic heterocycles. The molecule has 0 unspecified atom stereocenters. The van der Waals surface area contributed by atoms with Crippen LogP contribution in [0, 0.1) is 5.92 Å². The molecule has 35 heavy (non-hydrogen) atoms. The van der Waals surface area contributed by atoms with E-state index >= 15 is 0 Å². The van der Waals surface area contributed by atoms with Gasteiger partial charge in [-0.25, -0.2) is 13.4 Å². The summed E-state index contributed by atoms with van der Waals surface area (Å²) in [6, 6.07) is 4.60. The lowest BCUT2D eigenvalue weighted by atomic mass is 10.0. The van der Waals surface area contributed by atoms with Gasteiger partial charge in [0.05, 0.1) is 19.3 Å². The Labute approximate surface area is 206 Å². The highest BCUT2D eigenvalue weighted by Crippen LogP contribution is 2.37. The number of carbonyl (C=O) groups is 1. The maximum absolute atomic E-state index is 13.6. The average molecular weight is 501 g/mol. The Morgan fingerprint density at radius 2 is 2.14 bits per heavy atom. The summed E-state index contributed by atoms with van der Waals surface area (Å²) in [4.78, 5) is 22.5. The van der Waals surface area contributed by atoms with Crippen LogP contribution >= 0.6 is 0 Å². The van der Waals surface area contributed by atoms with Crippen molar-refractivity contribution in [3.8, 4) is 5.75 Å². The van der Waals surface area contributed by atoms with Crippen LogP contribution < -0.4 is 4.74 Å². The number of amides is 1. The monoisotopic (exact) mass is 500 g/mol. The molecule has 0 bridgehead atoms. The Morgan fingerprint density at radius 3 is 2.80 bits per heavy atom. The summed E-state index contributed by atoms with van der Waals surface area (Å²) in [6.07, 6.45) is 9.07. The fourth-order valence-corrected chi connectivity index (χ4v) is 6.36. The normalized spacial score (nSPS) is 22.8. The van der Waals surface area contributed by atoms with Crippen LogP contribution in [0.1, 0.15) is 49.2 Å². The van der Waals surface area contributed by atoms with Crippen molar-refractivity contribution in [3.63, 3.8) is 0 Å². The zero-order valence-electron chi connectivity index (χ0n) is 20.3. The van der Waals surface area contributed by atoms with Crippen LogP contribution in [-0.4, -0.2) is 77.5 Å². The van der Waals surface area contributed by atoms with Gasteiger partial charge < -0.3 is 14.7 Å². The van der Waals surface area contributed by atoms with Crippen LogP contribution in [0.25, 0.3) is 5.57 Å². The van der Waals surface area contributed by atoms with E-state index in [0.717, 1.165) is 24.8 Å². The molecule has 0 fully saturated rings. The summed E-state index contributed by atoms with van der Waals surface area (Å²) in [5.74, 6) is -0.296. The van der Waals surface area contributed by atoms with Crippen molar-refractivity contribution in [3.05, 3.63) is 54.1 Å². The lowest BCUT2D eigenvalue weighted by Crippen LogP contribution is -2.50. The van der Waals surface area contributed by atoms with Gasteiger partial charge in [0.2, 0.25) is 10.0 Å². The Morgan fingerprint density at radius 1 is 1.34 bits per heavy atom. The highest BCUT2D eigenvalue weighted by Gasteiger charge is 2.38. The molecule has 1 aromatic heterocycles. The van der Waals surface area contributed by atoms with Crippen molar-refractivity contribution < 1.29 is 23.1 Å². The number of aliphatic hydroxyl groups excluding tert-OH is 1. The molecule has 3 atom stereocenters. The lowest BCUT2D eigenvalue weighted by Gasteiger charge is -2.37. The van der Waals surface area contributed by atoms with E-state index in [9.17, 15) is 18.3 Å². The van der Waals surface area contributed by atoms with E-state index in [0.29, 0.717) is 0 Å². The molecule has 0 radical (unpaired) electrons. The number of aromatic nitrogens is 2. The standard InChI is InChI=1S/C25H32N4O5S/c1-17-14-29(18(2)16-30)35(32,33)24-9-8-20(19-6-4-5-7-19)12-22(24)34-23(17)15-28(3)25(31)21-13-26-10-11-27-21/h6,8-13,17-18,23,30H,4-5,7,14-16H2,1-3H3/t17-,18-,23+/m0/s1. The van der Waals surface area contributed by atoms with E-state index in [2.05, 4.69) is 16.0 Å². The molecule has 0 saturated heterocycles. The minimum atomic E-state index is -3.91. The maximum atomic E-state index is 13.6. The number of aliphatic hydroxyl groups is 1. The van der Waals surface area contributed by atoms with Crippen LogP contribution in [0.15, 0.2) is 47.8 Å². The van der Waals surface area contributed by atoms with Crippen LogP contribution in [-0.2, 0) is 10.0 Å². The molecule has 0 spiro atoms. The number of carbonyl (C=O) groups excluding carboxylic acids is 1. The number of sulfonamides is 1. The summed E-state index contributed by atoms with van der Waals surface area (Å²) < 4.78 is 35.0. The summed E-state index contributed by atoms with van der Waals surface area (Å²) in [7, 11) is -2.24. The quantitative estimate of drug-likeness (QED) is 0.649. The molecule has 1 amide bonds. The smallest absolute Gasteiger partial charge is 0.273 e. The Balaban J connectivity index is 1.72. The number of likely N-dealkylation sites (N-methyl/N-ethyl adjacent to an activating group) is 1. The van der Waals surface area contributed by atoms with Gasteiger partial charge in [-0.15, -0.1) is 0 Å². The van der Waals surface area contributed by atoms with Crippen molar-refractivity contribution in [2.24, 2.45) is 5.92 Å². The first-order valence-electron chi connectivity index (χ1n) is 11.9. The summed E-state index contributed by atoms with van der Waals surface area (Å²) >= 11 is 0. The van der Waals surface area contributed by atoms with Gasteiger partial charge in [0.1, 0.15) is 22.4 Å². The number of hydrogen-bond donors (Lipinski definition) is 1. The van der Waals surface area contributed by atoms with Crippen LogP contribution in [0.5, 0.6) is 5.75 Å². The van der Waals surface area contributed by atoms with Crippen LogP contribution in [0.4, 0.5) is 0 Å². The van der Waals surface area contributed by atoms with E-state index in [1.165, 1.54) is 33.4 Å². The molecule has 1 aromatic carbocycles. The first-order chi connectivity index (χ1) is 16.7. The highest BCUT2D eigenvalue weighted by atomic mass is 32.2. The summed E-state index contributed by atoms with van der Waals surface area (Å²) in [6.45, 7) is 3.65. The van der Waals surface area contributed by atoms with E-state index < -0.39 is 22.2 Å². The molecule has 0 saturated carbocycles. The van der Waals surface area contributed by atoms with Gasteiger partial charge in [0.25, 0.3) is 5.91 Å². The van der Waals surface area contributed by atoms with Gasteiger partial charge in [-0.3, -0.25) is 9.78 Å². The molecule has 4 rings (SSSR count). The maximum Gasteiger partial charge on any atom is 0.273 e. The summed E-state index contributed by atoms with van der Waals surface area (Å²) in [5.41, 5.74) is 2.34. The van der Waals surface area contributed by atoms with Crippen molar-refractivity contribution in [2.45, 2.75) is 50.2 Å². The van der Waals surface area contributed by atoms with Crippen molar-refractivity contribution in [2.75, 3.05) is 26.7 Å². The molecule has 2 aliphatic rings. The van der Waals surface area contributed by atoms with Gasteiger partial charge in [-0.2, -0.15) is 4.31 Å². The van der Waals surface area contributed by atoms with Crippen molar-refractivity contribution in [1.82, 2.24) is 19.2 Å². The minimum absolute atomic E-state index is 0.0694. The third-order valence-electron chi connectivity index (χ3n) is 6.66. The predicted octanol–water partition coefficient (Wildman–Crippen LogP) is 2.58. The van der Waals surface area contributed by atoms with Gasteiger partial charge in [-0.1, -0.05) is 19.1 Å². The van der Waals surface area contributed by atoms with Crippen LogP contribution in [0.2, 0.25) is 0 Å². The van der Waals surface area contributed by atoms with E-state index in [1.807, 2.05) is 13.0 Å². The zero-order valence-corrected chi connectivity index (χ0v) is 21.1. The fourth-order valence-electron chi connectivity index (χ4n) is 4.53. The molecule has 188 valence electrons. The minimum Gasteiger partial charge on any atom is -0.487 e. The Hall–Kier alpha value is -2.82. The fraction of sp³-hybridized carbons (Fsp3) is 0.480. The predicted molar refractivity (Wildman–Crippen MR) is 131 cm³/mol. The lowest BCUT2D eigenvalue weighted by molar-refractivity contribution is 0.0559. The third kappa shape index (κ3) is 5.24. The van der Waals surface area contributed by atoms with Gasteiger partial charge in [0.15, 0.2) is 0 Å². The number of benzene rings is 1. The number of nitrogens with zero attached hydrogens (tertiary/aromatic N) is 4. The van der Waals surface area contributed by atoms with Gasteiger partial charge in [0, 0.05) is 37.9 Å². The van der Waals surface area contributed by atoms with E-state index in [4.69, 9.17) is 4.74 Å². The SMILES string of the molecule is C[C@H]1CN([C@@H](C)CO)S(=O)(=O)c2ccc(C3=CCCC3)cc2O[C@@H]1CN(C)C(=O)c1cnccn1. The number of rotatable bonds is 6. The Kier molecular flexibility index (Phi) is 7.53. The Bertz CT molecular complexity index is 1200. The second-order valence-electron chi connectivity index (χ2n) is 9.30. The topological polar surface area (TPSA) is 113 Å². The van der Waals surface area contributed by atoms with Gasteiger partial charge in [-0.05, 0) is 49.5 Å². The zero-order chi connectivity index (χ0) is 25.2. The first-order valence-corrected chi connectivity index (χ1v) is 13.3. The molecule has 1 N–H and O–H groups in total. The molecular formula is C25H32N4O5S. The molecule has 2 aromatic rings. The first kappa shape index (κ1) is 25.3. The van der Waals surface area contributed by atoms with E-state index in [1.54, 1.807) is 26.1 Å². The average Bonchev–Trinajstić information content (AvgIpc) is 3.40. The number of ether oxygens (including phenoxy) is 1. The molecule has 9 nitrogen and oxygen atoms in total. The van der Waals surface area contributed by atoms with Crippen LogP contribution in [0.3, 0.4) is 0 Å². The second kappa shape index (κ2) is 10.4. The van der Waals surface area contributed by atoms with Crippen molar-refractivity contribution >= 4 is 21.5 Å². The van der Waals surface area contributed by atoms with E-state index in [-0.39, 0.29) is 47.9 Å². The number of allylic oxidation sites excluding steroid dienone is 2.